The first-order chi connectivity index (χ1) is 13.5. The topological polar surface area (TPSA) is 52.6 Å². The zero-order valence-corrected chi connectivity index (χ0v) is 17.6. The Morgan fingerprint density at radius 1 is 0.929 bits per heavy atom. The Morgan fingerprint density at radius 3 is 2.18 bits per heavy atom. The fraction of sp³-hybridized carbons (Fsp3) is 0.478. The summed E-state index contributed by atoms with van der Waals surface area (Å²) in [5.74, 6) is 1.37. The van der Waals surface area contributed by atoms with Gasteiger partial charge in [-0.3, -0.25) is 4.18 Å². The van der Waals surface area contributed by atoms with Crippen molar-refractivity contribution in [3.8, 4) is 5.75 Å². The summed E-state index contributed by atoms with van der Waals surface area (Å²) in [5.41, 5.74) is 2.32. The summed E-state index contributed by atoms with van der Waals surface area (Å²) >= 11 is 0. The largest absolute Gasteiger partial charge is 0.494 e. The average Bonchev–Trinajstić information content (AvgIpc) is 2.69. The summed E-state index contributed by atoms with van der Waals surface area (Å²) < 4.78 is 36.2. The SMILES string of the molecule is CCCCOc1ccc([C@H]2CC[C@H](OS(=O)(=O)c3ccc(C)cc3)CC2)cc1. The molecule has 5 heteroatoms. The van der Waals surface area contributed by atoms with E-state index >= 15 is 0 Å². The van der Waals surface area contributed by atoms with Gasteiger partial charge in [-0.05, 0) is 74.8 Å². The van der Waals surface area contributed by atoms with Gasteiger partial charge >= 0.3 is 0 Å². The van der Waals surface area contributed by atoms with Crippen molar-refractivity contribution in [2.45, 2.75) is 69.3 Å². The van der Waals surface area contributed by atoms with E-state index in [1.165, 1.54) is 5.56 Å². The number of hydrogen-bond donors (Lipinski definition) is 0. The molecule has 3 rings (SSSR count). The Bertz CT molecular complexity index is 833. The molecule has 4 nitrogen and oxygen atoms in total. The normalized spacial score (nSPS) is 20.1. The Balaban J connectivity index is 1.52. The van der Waals surface area contributed by atoms with Crippen LogP contribution in [0.2, 0.25) is 0 Å². The van der Waals surface area contributed by atoms with Crippen LogP contribution in [0.25, 0.3) is 0 Å². The van der Waals surface area contributed by atoms with Crippen LogP contribution in [0.15, 0.2) is 53.4 Å². The van der Waals surface area contributed by atoms with Crippen LogP contribution in [-0.4, -0.2) is 21.1 Å². The van der Waals surface area contributed by atoms with Crippen molar-refractivity contribution in [1.29, 1.82) is 0 Å². The molecule has 0 saturated heterocycles. The lowest BCUT2D eigenvalue weighted by Gasteiger charge is -2.28. The van der Waals surface area contributed by atoms with Gasteiger partial charge in [0, 0.05) is 0 Å². The summed E-state index contributed by atoms with van der Waals surface area (Å²) in [6.07, 6.45) is 5.34. The van der Waals surface area contributed by atoms with Crippen LogP contribution in [0.4, 0.5) is 0 Å². The second kappa shape index (κ2) is 9.57. The fourth-order valence-corrected chi connectivity index (χ4v) is 4.73. The molecule has 0 N–H and O–H groups in total. The maximum Gasteiger partial charge on any atom is 0.297 e. The van der Waals surface area contributed by atoms with Gasteiger partial charge in [0.2, 0.25) is 0 Å². The predicted octanol–water partition coefficient (Wildman–Crippen LogP) is 5.61. The standard InChI is InChI=1S/C23H30O4S/c1-3-4-17-26-21-11-7-19(8-12-21)20-9-13-22(14-10-20)27-28(24,25)23-15-5-18(2)6-16-23/h5-8,11-12,15-16,20,22H,3-4,9-10,13-14,17H2,1-2H3/t20-,22-. The van der Waals surface area contributed by atoms with Crippen molar-refractivity contribution in [3.63, 3.8) is 0 Å². The lowest BCUT2D eigenvalue weighted by Crippen LogP contribution is -2.24. The molecule has 0 heterocycles. The van der Waals surface area contributed by atoms with E-state index in [1.807, 2.05) is 19.1 Å². The van der Waals surface area contributed by atoms with E-state index in [0.29, 0.717) is 5.92 Å². The van der Waals surface area contributed by atoms with Gasteiger partial charge < -0.3 is 4.74 Å². The zero-order valence-electron chi connectivity index (χ0n) is 16.8. The quantitative estimate of drug-likeness (QED) is 0.426. The van der Waals surface area contributed by atoms with E-state index in [4.69, 9.17) is 8.92 Å². The van der Waals surface area contributed by atoms with E-state index in [0.717, 1.165) is 56.4 Å². The molecule has 1 aliphatic carbocycles. The average molecular weight is 403 g/mol. The van der Waals surface area contributed by atoms with E-state index in [1.54, 1.807) is 24.3 Å². The first-order valence-corrected chi connectivity index (χ1v) is 11.6. The third kappa shape index (κ3) is 5.58. The lowest BCUT2D eigenvalue weighted by atomic mass is 9.83. The van der Waals surface area contributed by atoms with Crippen molar-refractivity contribution in [2.24, 2.45) is 0 Å². The number of ether oxygens (including phenoxy) is 1. The molecule has 2 aromatic rings. The van der Waals surface area contributed by atoms with Crippen LogP contribution in [0.3, 0.4) is 0 Å². The monoisotopic (exact) mass is 402 g/mol. The Kier molecular flexibility index (Phi) is 7.13. The minimum atomic E-state index is -3.69. The van der Waals surface area contributed by atoms with Gasteiger partial charge in [0.1, 0.15) is 5.75 Å². The maximum atomic E-state index is 12.5. The van der Waals surface area contributed by atoms with Crippen LogP contribution >= 0.6 is 0 Å². The second-order valence-corrected chi connectivity index (χ2v) is 9.18. The molecule has 0 spiro atoms. The molecule has 0 aromatic heterocycles. The van der Waals surface area contributed by atoms with E-state index in [9.17, 15) is 8.42 Å². The summed E-state index contributed by atoms with van der Waals surface area (Å²) in [7, 11) is -3.69. The minimum absolute atomic E-state index is 0.235. The highest BCUT2D eigenvalue weighted by molar-refractivity contribution is 7.86. The highest BCUT2D eigenvalue weighted by atomic mass is 32.2. The summed E-state index contributed by atoms with van der Waals surface area (Å²) in [5, 5.41) is 0. The van der Waals surface area contributed by atoms with Gasteiger partial charge in [0.25, 0.3) is 10.1 Å². The van der Waals surface area contributed by atoms with E-state index in [-0.39, 0.29) is 11.0 Å². The van der Waals surface area contributed by atoms with Crippen LogP contribution < -0.4 is 4.74 Å². The Morgan fingerprint density at radius 2 is 1.57 bits per heavy atom. The zero-order chi connectivity index (χ0) is 20.0. The molecule has 1 fully saturated rings. The molecule has 1 saturated carbocycles. The van der Waals surface area contributed by atoms with Crippen LogP contribution in [0, 0.1) is 6.92 Å². The second-order valence-electron chi connectivity index (χ2n) is 7.61. The number of rotatable bonds is 8. The van der Waals surface area contributed by atoms with Crippen molar-refractivity contribution in [2.75, 3.05) is 6.61 Å². The smallest absolute Gasteiger partial charge is 0.297 e. The molecule has 0 aliphatic heterocycles. The third-order valence-corrected chi connectivity index (χ3v) is 6.74. The van der Waals surface area contributed by atoms with Gasteiger partial charge in [-0.1, -0.05) is 43.2 Å². The van der Waals surface area contributed by atoms with Gasteiger partial charge in [-0.2, -0.15) is 8.42 Å². The van der Waals surface area contributed by atoms with Crippen LogP contribution in [0.5, 0.6) is 5.75 Å². The molecule has 0 bridgehead atoms. The fourth-order valence-electron chi connectivity index (χ4n) is 3.60. The van der Waals surface area contributed by atoms with Crippen molar-refractivity contribution < 1.29 is 17.3 Å². The summed E-state index contributed by atoms with van der Waals surface area (Å²) in [6, 6.07) is 15.2. The molecular formula is C23H30O4S. The maximum absolute atomic E-state index is 12.5. The van der Waals surface area contributed by atoms with Gasteiger partial charge in [0.15, 0.2) is 0 Å². The molecule has 1 aliphatic rings. The molecule has 0 radical (unpaired) electrons. The minimum Gasteiger partial charge on any atom is -0.494 e. The van der Waals surface area contributed by atoms with E-state index < -0.39 is 10.1 Å². The summed E-state index contributed by atoms with van der Waals surface area (Å²) in [4.78, 5) is 0.235. The van der Waals surface area contributed by atoms with Gasteiger partial charge in [-0.25, -0.2) is 0 Å². The van der Waals surface area contributed by atoms with Crippen molar-refractivity contribution in [3.05, 3.63) is 59.7 Å². The molecule has 0 atom stereocenters. The highest BCUT2D eigenvalue weighted by Gasteiger charge is 2.27. The molecule has 2 aromatic carbocycles. The van der Waals surface area contributed by atoms with Gasteiger partial charge in [-0.15, -0.1) is 0 Å². The third-order valence-electron chi connectivity index (χ3n) is 5.36. The number of hydrogen-bond acceptors (Lipinski definition) is 4. The van der Waals surface area contributed by atoms with Crippen molar-refractivity contribution in [1.82, 2.24) is 0 Å². The van der Waals surface area contributed by atoms with Crippen molar-refractivity contribution >= 4 is 10.1 Å². The Labute approximate surface area is 169 Å². The number of unbranched alkanes of at least 4 members (excludes halogenated alkanes) is 1. The lowest BCUT2D eigenvalue weighted by molar-refractivity contribution is 0.153. The van der Waals surface area contributed by atoms with E-state index in [2.05, 4.69) is 19.1 Å². The Hall–Kier alpha value is -1.85. The highest BCUT2D eigenvalue weighted by Crippen LogP contribution is 2.35. The summed E-state index contributed by atoms with van der Waals surface area (Å²) in [6.45, 7) is 4.84. The molecule has 0 unspecified atom stereocenters. The van der Waals surface area contributed by atoms with Gasteiger partial charge in [0.05, 0.1) is 17.6 Å². The predicted molar refractivity (Wildman–Crippen MR) is 111 cm³/mol. The molecular weight excluding hydrogens is 372 g/mol. The number of aryl methyl sites for hydroxylation is 1. The van der Waals surface area contributed by atoms with Crippen LogP contribution in [-0.2, 0) is 14.3 Å². The molecule has 28 heavy (non-hydrogen) atoms. The molecule has 152 valence electrons. The first-order valence-electron chi connectivity index (χ1n) is 10.2. The number of benzene rings is 2. The van der Waals surface area contributed by atoms with Crippen LogP contribution in [0.1, 0.15) is 62.5 Å². The first kappa shape index (κ1) is 20.9. The molecule has 0 amide bonds.